The molecule has 7 heteroatoms. The van der Waals surface area contributed by atoms with Crippen LogP contribution in [0.4, 0.5) is 5.82 Å². The average Bonchev–Trinajstić information content (AvgIpc) is 3.01. The van der Waals surface area contributed by atoms with Gasteiger partial charge in [-0.15, -0.1) is 0 Å². The van der Waals surface area contributed by atoms with Crippen LogP contribution >= 0.6 is 0 Å². The third-order valence-electron chi connectivity index (χ3n) is 3.91. The lowest BCUT2D eigenvalue weighted by molar-refractivity contribution is 0.0512. The molecule has 0 saturated heterocycles. The molecule has 0 aliphatic rings. The predicted octanol–water partition coefficient (Wildman–Crippen LogP) is 3.32. The fourth-order valence-electron chi connectivity index (χ4n) is 2.55. The van der Waals surface area contributed by atoms with Gasteiger partial charge in [0.05, 0.1) is 12.3 Å². The maximum Gasteiger partial charge on any atom is 0.376 e. The molecule has 130 valence electrons. The van der Waals surface area contributed by atoms with Crippen LogP contribution in [0, 0.1) is 6.92 Å². The van der Waals surface area contributed by atoms with E-state index in [1.807, 2.05) is 25.1 Å². The zero-order chi connectivity index (χ0) is 17.8. The van der Waals surface area contributed by atoms with E-state index in [1.165, 1.54) is 5.56 Å². The number of hydrogen-bond acceptors (Lipinski definition) is 7. The van der Waals surface area contributed by atoms with Gasteiger partial charge in [-0.1, -0.05) is 42.4 Å². The SMILES string of the molecule is CCOC(=O)c1nc(NC[C@@H](C)c2ccccc2)c2c(C)noc2n1. The molecule has 25 heavy (non-hydrogen) atoms. The average molecular weight is 340 g/mol. The molecule has 1 N–H and O–H groups in total. The summed E-state index contributed by atoms with van der Waals surface area (Å²) in [6.07, 6.45) is 0. The van der Waals surface area contributed by atoms with Gasteiger partial charge in [0, 0.05) is 6.54 Å². The minimum atomic E-state index is -0.586. The summed E-state index contributed by atoms with van der Waals surface area (Å²) in [5, 5.41) is 7.88. The van der Waals surface area contributed by atoms with Gasteiger partial charge in [-0.25, -0.2) is 9.78 Å². The summed E-state index contributed by atoms with van der Waals surface area (Å²) in [6.45, 7) is 6.56. The van der Waals surface area contributed by atoms with Crippen LogP contribution in [0.1, 0.15) is 41.6 Å². The number of nitrogens with one attached hydrogen (secondary N) is 1. The van der Waals surface area contributed by atoms with Crippen molar-refractivity contribution in [3.8, 4) is 0 Å². The number of esters is 1. The van der Waals surface area contributed by atoms with Crippen LogP contribution in [-0.4, -0.2) is 34.2 Å². The Morgan fingerprint density at radius 1 is 1.28 bits per heavy atom. The standard InChI is InChI=1S/C18H20N4O3/c1-4-24-18(23)16-20-15(14-12(3)22-25-17(14)21-16)19-10-11(2)13-8-6-5-7-9-13/h5-9,11H,4,10H2,1-3H3,(H,19,20,21)/t11-/m1/s1. The van der Waals surface area contributed by atoms with E-state index in [0.29, 0.717) is 23.4 Å². The Balaban J connectivity index is 1.88. The summed E-state index contributed by atoms with van der Waals surface area (Å²) in [6, 6.07) is 10.2. The van der Waals surface area contributed by atoms with Crippen molar-refractivity contribution in [1.29, 1.82) is 0 Å². The quantitative estimate of drug-likeness (QED) is 0.688. The summed E-state index contributed by atoms with van der Waals surface area (Å²) in [5.41, 5.74) is 2.15. The van der Waals surface area contributed by atoms with Crippen molar-refractivity contribution < 1.29 is 14.1 Å². The second-order valence-electron chi connectivity index (χ2n) is 5.76. The maximum absolute atomic E-state index is 12.0. The van der Waals surface area contributed by atoms with Gasteiger partial charge in [0.25, 0.3) is 5.71 Å². The van der Waals surface area contributed by atoms with Gasteiger partial charge in [-0.2, -0.15) is 4.98 Å². The van der Waals surface area contributed by atoms with Crippen molar-refractivity contribution in [1.82, 2.24) is 15.1 Å². The fraction of sp³-hybridized carbons (Fsp3) is 0.333. The second-order valence-corrected chi connectivity index (χ2v) is 5.76. The Bertz CT molecular complexity index is 877. The summed E-state index contributed by atoms with van der Waals surface area (Å²) < 4.78 is 10.2. The van der Waals surface area contributed by atoms with Crippen LogP contribution in [0.3, 0.4) is 0 Å². The minimum absolute atomic E-state index is 0.0413. The number of nitrogens with zero attached hydrogens (tertiary/aromatic N) is 3. The number of hydrogen-bond donors (Lipinski definition) is 1. The van der Waals surface area contributed by atoms with Crippen molar-refractivity contribution in [3.05, 3.63) is 47.4 Å². The highest BCUT2D eigenvalue weighted by atomic mass is 16.5. The highest BCUT2D eigenvalue weighted by molar-refractivity contribution is 5.93. The van der Waals surface area contributed by atoms with Crippen LogP contribution in [0.5, 0.6) is 0 Å². The summed E-state index contributed by atoms with van der Waals surface area (Å²) in [7, 11) is 0. The van der Waals surface area contributed by atoms with Crippen molar-refractivity contribution in [2.24, 2.45) is 0 Å². The normalized spacial score (nSPS) is 12.1. The number of aromatic nitrogens is 3. The van der Waals surface area contributed by atoms with Gasteiger partial charge >= 0.3 is 5.97 Å². The number of ether oxygens (including phenoxy) is 1. The second kappa shape index (κ2) is 7.29. The molecule has 7 nitrogen and oxygen atoms in total. The summed E-state index contributed by atoms with van der Waals surface area (Å²) in [4.78, 5) is 20.4. The maximum atomic E-state index is 12.0. The van der Waals surface area contributed by atoms with Crippen LogP contribution in [0.2, 0.25) is 0 Å². The molecule has 3 rings (SSSR count). The molecule has 0 unspecified atom stereocenters. The van der Waals surface area contributed by atoms with E-state index in [2.05, 4.69) is 39.5 Å². The van der Waals surface area contributed by atoms with Crippen molar-refractivity contribution in [2.75, 3.05) is 18.5 Å². The van der Waals surface area contributed by atoms with Crippen molar-refractivity contribution in [3.63, 3.8) is 0 Å². The third kappa shape index (κ3) is 3.60. The Hall–Kier alpha value is -2.96. The van der Waals surface area contributed by atoms with Gasteiger partial charge < -0.3 is 14.6 Å². The summed E-state index contributed by atoms with van der Waals surface area (Å²) >= 11 is 0. The van der Waals surface area contributed by atoms with Gasteiger partial charge in [0.2, 0.25) is 5.82 Å². The number of fused-ring (bicyclic) bond motifs is 1. The molecule has 0 fully saturated rings. The Kier molecular flexibility index (Phi) is 4.92. The number of benzene rings is 1. The molecular weight excluding hydrogens is 320 g/mol. The van der Waals surface area contributed by atoms with Gasteiger partial charge in [0.1, 0.15) is 11.2 Å². The van der Waals surface area contributed by atoms with E-state index < -0.39 is 5.97 Å². The lowest BCUT2D eigenvalue weighted by Crippen LogP contribution is -2.15. The molecule has 0 radical (unpaired) electrons. The van der Waals surface area contributed by atoms with Crippen LogP contribution < -0.4 is 5.32 Å². The molecule has 0 aliphatic heterocycles. The van der Waals surface area contributed by atoms with Crippen LogP contribution in [0.15, 0.2) is 34.9 Å². The highest BCUT2D eigenvalue weighted by Gasteiger charge is 2.20. The van der Waals surface area contributed by atoms with Crippen molar-refractivity contribution >= 4 is 22.9 Å². The minimum Gasteiger partial charge on any atom is -0.460 e. The van der Waals surface area contributed by atoms with E-state index in [1.54, 1.807) is 6.92 Å². The molecule has 2 aromatic heterocycles. The monoisotopic (exact) mass is 340 g/mol. The molecule has 0 saturated carbocycles. The Labute approximate surface area is 145 Å². The first-order valence-electron chi connectivity index (χ1n) is 8.20. The highest BCUT2D eigenvalue weighted by Crippen LogP contribution is 2.25. The van der Waals surface area contributed by atoms with E-state index >= 15 is 0 Å². The number of carbonyl (C=O) groups excluding carboxylic acids is 1. The number of rotatable bonds is 6. The largest absolute Gasteiger partial charge is 0.460 e. The molecule has 0 amide bonds. The number of anilines is 1. The fourth-order valence-corrected chi connectivity index (χ4v) is 2.55. The molecule has 1 aromatic carbocycles. The molecule has 0 spiro atoms. The first kappa shape index (κ1) is 16.9. The van der Waals surface area contributed by atoms with Crippen LogP contribution in [0.25, 0.3) is 11.1 Å². The Morgan fingerprint density at radius 3 is 2.76 bits per heavy atom. The van der Waals surface area contributed by atoms with E-state index in [-0.39, 0.29) is 24.1 Å². The molecule has 1 atom stereocenters. The number of carbonyl (C=O) groups is 1. The van der Waals surface area contributed by atoms with E-state index in [0.717, 1.165) is 0 Å². The summed E-state index contributed by atoms with van der Waals surface area (Å²) in [5.74, 6) is 0.157. The zero-order valence-corrected chi connectivity index (χ0v) is 14.4. The van der Waals surface area contributed by atoms with Crippen molar-refractivity contribution in [2.45, 2.75) is 26.7 Å². The topological polar surface area (TPSA) is 90.1 Å². The first-order chi connectivity index (χ1) is 12.1. The van der Waals surface area contributed by atoms with Crippen LogP contribution in [-0.2, 0) is 4.74 Å². The van der Waals surface area contributed by atoms with Gasteiger partial charge in [0.15, 0.2) is 0 Å². The third-order valence-corrected chi connectivity index (χ3v) is 3.91. The lowest BCUT2D eigenvalue weighted by atomic mass is 10.0. The number of aryl methyl sites for hydroxylation is 1. The Morgan fingerprint density at radius 2 is 2.04 bits per heavy atom. The molecule has 2 heterocycles. The molecule has 3 aromatic rings. The molecule has 0 aliphatic carbocycles. The zero-order valence-electron chi connectivity index (χ0n) is 14.4. The smallest absolute Gasteiger partial charge is 0.376 e. The first-order valence-corrected chi connectivity index (χ1v) is 8.20. The van der Waals surface area contributed by atoms with Gasteiger partial charge in [-0.05, 0) is 25.3 Å². The molecule has 0 bridgehead atoms. The van der Waals surface area contributed by atoms with Gasteiger partial charge in [-0.3, -0.25) is 0 Å². The van der Waals surface area contributed by atoms with E-state index in [4.69, 9.17) is 9.26 Å². The molecular formula is C18H20N4O3. The predicted molar refractivity (Wildman–Crippen MR) is 93.6 cm³/mol. The van der Waals surface area contributed by atoms with E-state index in [9.17, 15) is 4.79 Å². The lowest BCUT2D eigenvalue weighted by Gasteiger charge is -2.14.